The number of nitrogens with one attached hydrogen (secondary N) is 1. The van der Waals surface area contributed by atoms with Gasteiger partial charge < -0.3 is 0 Å². The highest BCUT2D eigenvalue weighted by atomic mass is 32.2. The summed E-state index contributed by atoms with van der Waals surface area (Å²) in [6, 6.07) is 0. The second-order valence-corrected chi connectivity index (χ2v) is 6.74. The largest absolute Gasteiger partial charge is 0.404 e. The molecule has 1 heterocycles. The molecule has 0 radical (unpaired) electrons. The Bertz CT molecular complexity index is 651. The van der Waals surface area contributed by atoms with Crippen molar-refractivity contribution >= 4 is 15.9 Å². The van der Waals surface area contributed by atoms with Crippen LogP contribution in [0.1, 0.15) is 17.7 Å². The molecule has 1 aromatic rings. The maximum Gasteiger partial charge on any atom is 0.404 e. The number of alkyl halides is 3. The maximum absolute atomic E-state index is 12.1. The third-order valence-electron chi connectivity index (χ3n) is 3.33. The van der Waals surface area contributed by atoms with E-state index in [0.29, 0.717) is 12.8 Å². The number of aromatic nitrogens is 2. The van der Waals surface area contributed by atoms with E-state index in [0.717, 1.165) is 11.3 Å². The highest BCUT2D eigenvalue weighted by molar-refractivity contribution is 7.90. The molecule has 21 heavy (non-hydrogen) atoms. The van der Waals surface area contributed by atoms with Crippen molar-refractivity contribution in [1.82, 2.24) is 14.5 Å². The van der Waals surface area contributed by atoms with Gasteiger partial charge in [-0.2, -0.15) is 18.3 Å². The minimum absolute atomic E-state index is 0.263. The van der Waals surface area contributed by atoms with E-state index >= 15 is 0 Å². The number of rotatable bonds is 3. The molecule has 0 aliphatic heterocycles. The lowest BCUT2D eigenvalue weighted by Gasteiger charge is -2.22. The number of fused-ring (bicyclic) bond motifs is 1. The number of amides is 1. The van der Waals surface area contributed by atoms with Crippen LogP contribution in [0.5, 0.6) is 0 Å². The standard InChI is InChI=1S/C11H14F3N3O3S/c1-17-9-4-7(2-3-8(9)5-15-17)10(18)16-21(19,20)6-11(12,13)14/h5,7H,2-4,6H2,1H3,(H,16,18). The third kappa shape index (κ3) is 3.96. The fourth-order valence-corrected chi connectivity index (χ4v) is 3.33. The molecule has 1 amide bonds. The number of aryl methyl sites for hydroxylation is 2. The van der Waals surface area contributed by atoms with Crippen LogP contribution < -0.4 is 4.72 Å². The van der Waals surface area contributed by atoms with Gasteiger partial charge in [-0.3, -0.25) is 14.2 Å². The Morgan fingerprint density at radius 3 is 2.81 bits per heavy atom. The zero-order valence-corrected chi connectivity index (χ0v) is 12.0. The molecule has 118 valence electrons. The summed E-state index contributed by atoms with van der Waals surface area (Å²) in [5.41, 5.74) is 1.77. The number of sulfonamides is 1. The van der Waals surface area contributed by atoms with Crippen LogP contribution in [0.15, 0.2) is 6.20 Å². The average Bonchev–Trinajstić information content (AvgIpc) is 2.67. The van der Waals surface area contributed by atoms with Crippen molar-refractivity contribution in [2.24, 2.45) is 13.0 Å². The smallest absolute Gasteiger partial charge is 0.274 e. The minimum Gasteiger partial charge on any atom is -0.274 e. The second kappa shape index (κ2) is 5.32. The van der Waals surface area contributed by atoms with Crippen LogP contribution in [0.3, 0.4) is 0 Å². The first kappa shape index (κ1) is 15.8. The van der Waals surface area contributed by atoms with Gasteiger partial charge in [0.25, 0.3) is 0 Å². The quantitative estimate of drug-likeness (QED) is 0.879. The van der Waals surface area contributed by atoms with Crippen LogP contribution in [0.25, 0.3) is 0 Å². The Balaban J connectivity index is 2.04. The van der Waals surface area contributed by atoms with E-state index in [2.05, 4.69) is 5.10 Å². The van der Waals surface area contributed by atoms with Crippen LogP contribution in [0, 0.1) is 5.92 Å². The molecule has 10 heteroatoms. The summed E-state index contributed by atoms with van der Waals surface area (Å²) in [5, 5.41) is 4.03. The first-order valence-corrected chi connectivity index (χ1v) is 7.83. The Morgan fingerprint density at radius 1 is 1.52 bits per heavy atom. The van der Waals surface area contributed by atoms with Crippen molar-refractivity contribution in [2.75, 3.05) is 5.75 Å². The summed E-state index contributed by atoms with van der Waals surface area (Å²) in [7, 11) is -3.01. The van der Waals surface area contributed by atoms with Crippen molar-refractivity contribution in [2.45, 2.75) is 25.4 Å². The normalized spacial score (nSPS) is 19.1. The molecular formula is C11H14F3N3O3S. The number of nitrogens with zero attached hydrogens (tertiary/aromatic N) is 2. The lowest BCUT2D eigenvalue weighted by molar-refractivity contribution is -0.123. The van der Waals surface area contributed by atoms with Gasteiger partial charge in [-0.15, -0.1) is 0 Å². The van der Waals surface area contributed by atoms with Crippen molar-refractivity contribution in [1.29, 1.82) is 0 Å². The van der Waals surface area contributed by atoms with Gasteiger partial charge in [0.05, 0.1) is 6.20 Å². The molecule has 0 spiro atoms. The minimum atomic E-state index is -4.88. The molecule has 1 aliphatic carbocycles. The van der Waals surface area contributed by atoms with Gasteiger partial charge in [-0.05, 0) is 18.4 Å². The number of carbonyl (C=O) groups excluding carboxylic acids is 1. The molecule has 1 N–H and O–H groups in total. The summed E-state index contributed by atoms with van der Waals surface area (Å²) >= 11 is 0. The van der Waals surface area contributed by atoms with E-state index < -0.39 is 33.8 Å². The molecular weight excluding hydrogens is 311 g/mol. The summed E-state index contributed by atoms with van der Waals surface area (Å²) < 4.78 is 62.0. The van der Waals surface area contributed by atoms with E-state index in [1.807, 2.05) is 0 Å². The molecule has 0 fully saturated rings. The Morgan fingerprint density at radius 2 is 2.19 bits per heavy atom. The summed E-state index contributed by atoms with van der Waals surface area (Å²) in [5.74, 6) is -3.63. The molecule has 2 rings (SSSR count). The maximum atomic E-state index is 12.1. The lowest BCUT2D eigenvalue weighted by atomic mass is 9.87. The van der Waals surface area contributed by atoms with E-state index in [4.69, 9.17) is 0 Å². The molecule has 1 atom stereocenters. The molecule has 6 nitrogen and oxygen atoms in total. The Kier molecular flexibility index (Phi) is 4.00. The van der Waals surface area contributed by atoms with Crippen molar-refractivity contribution in [3.05, 3.63) is 17.5 Å². The van der Waals surface area contributed by atoms with Gasteiger partial charge in [-0.25, -0.2) is 8.42 Å². The predicted molar refractivity (Wildman–Crippen MR) is 66.7 cm³/mol. The molecule has 1 aromatic heterocycles. The molecule has 1 unspecified atom stereocenters. The van der Waals surface area contributed by atoms with E-state index in [1.54, 1.807) is 17.9 Å². The SMILES string of the molecule is Cn1ncc2c1CC(C(=O)NS(=O)(=O)CC(F)(F)F)CC2. The fraction of sp³-hybridized carbons (Fsp3) is 0.636. The zero-order valence-electron chi connectivity index (χ0n) is 11.1. The first-order valence-electron chi connectivity index (χ1n) is 6.18. The van der Waals surface area contributed by atoms with E-state index in [1.165, 1.54) is 4.72 Å². The van der Waals surface area contributed by atoms with Crippen molar-refractivity contribution < 1.29 is 26.4 Å². The van der Waals surface area contributed by atoms with Crippen LogP contribution >= 0.6 is 0 Å². The number of carbonyl (C=O) groups is 1. The van der Waals surface area contributed by atoms with Crippen LogP contribution in [0.2, 0.25) is 0 Å². The summed E-state index contributed by atoms with van der Waals surface area (Å²) in [4.78, 5) is 11.9. The Hall–Kier alpha value is -1.58. The average molecular weight is 325 g/mol. The van der Waals surface area contributed by atoms with Gasteiger partial charge >= 0.3 is 6.18 Å². The van der Waals surface area contributed by atoms with E-state index in [-0.39, 0.29) is 6.42 Å². The monoisotopic (exact) mass is 325 g/mol. The van der Waals surface area contributed by atoms with Gasteiger partial charge in [-0.1, -0.05) is 0 Å². The molecule has 0 bridgehead atoms. The Labute approximate surface area is 119 Å². The van der Waals surface area contributed by atoms with Gasteiger partial charge in [0.2, 0.25) is 15.9 Å². The predicted octanol–water partition coefficient (Wildman–Crippen LogP) is 0.533. The summed E-state index contributed by atoms with van der Waals surface area (Å²) in [6.07, 6.45) is -2.02. The van der Waals surface area contributed by atoms with Crippen molar-refractivity contribution in [3.63, 3.8) is 0 Å². The third-order valence-corrected chi connectivity index (χ3v) is 4.55. The topological polar surface area (TPSA) is 81.1 Å². The molecule has 0 saturated heterocycles. The highest BCUT2D eigenvalue weighted by Crippen LogP contribution is 2.25. The number of halogens is 3. The van der Waals surface area contributed by atoms with Crippen molar-refractivity contribution in [3.8, 4) is 0 Å². The van der Waals surface area contributed by atoms with Crippen LogP contribution in [-0.4, -0.2) is 36.0 Å². The molecule has 0 aromatic carbocycles. The van der Waals surface area contributed by atoms with Gasteiger partial charge in [0.15, 0.2) is 5.75 Å². The number of hydrogen-bond donors (Lipinski definition) is 1. The molecule has 1 aliphatic rings. The first-order chi connectivity index (χ1) is 9.57. The highest BCUT2D eigenvalue weighted by Gasteiger charge is 2.37. The van der Waals surface area contributed by atoms with Crippen LogP contribution in [0.4, 0.5) is 13.2 Å². The van der Waals surface area contributed by atoms with Crippen LogP contribution in [-0.2, 0) is 34.7 Å². The lowest BCUT2D eigenvalue weighted by Crippen LogP contribution is -2.42. The fourth-order valence-electron chi connectivity index (χ4n) is 2.36. The summed E-state index contributed by atoms with van der Waals surface area (Å²) in [6.45, 7) is 0. The van der Waals surface area contributed by atoms with Gasteiger partial charge in [0, 0.05) is 25.1 Å². The van der Waals surface area contributed by atoms with E-state index in [9.17, 15) is 26.4 Å². The molecule has 0 saturated carbocycles. The number of hydrogen-bond acceptors (Lipinski definition) is 4. The zero-order chi connectivity index (χ0) is 15.8. The van der Waals surface area contributed by atoms with Gasteiger partial charge in [0.1, 0.15) is 0 Å². The second-order valence-electron chi connectivity index (χ2n) is 5.02.